The number of hydrogen-bond donors (Lipinski definition) is 1. The van der Waals surface area contributed by atoms with E-state index in [4.69, 9.17) is 5.11 Å². The lowest BCUT2D eigenvalue weighted by Gasteiger charge is -2.08. The Morgan fingerprint density at radius 2 is 1.88 bits per heavy atom. The van der Waals surface area contributed by atoms with Crippen molar-refractivity contribution >= 4 is 27.6 Å². The summed E-state index contributed by atoms with van der Waals surface area (Å²) in [4.78, 5) is 11.6. The average molecular weight is 274 g/mol. The summed E-state index contributed by atoms with van der Waals surface area (Å²) in [5.41, 5.74) is 0. The highest BCUT2D eigenvalue weighted by Gasteiger charge is 2.10. The molecule has 1 N–H and O–H groups in total. The van der Waals surface area contributed by atoms with Crippen LogP contribution in [-0.4, -0.2) is 31.0 Å². The molecule has 0 aliphatic heterocycles. The van der Waals surface area contributed by atoms with Crippen LogP contribution in [0, 0.1) is 0 Å². The third-order valence-electron chi connectivity index (χ3n) is 2.05. The molecular weight excluding hydrogens is 260 g/mol. The second kappa shape index (κ2) is 5.55. The fraction of sp³-hybridized carbons (Fsp3) is 0.364. The molecule has 0 saturated heterocycles. The molecule has 1 rings (SSSR count). The molecular formula is C11H14O4S2. The maximum absolute atomic E-state index is 11.2. The predicted molar refractivity (Wildman–Crippen MR) is 67.1 cm³/mol. The van der Waals surface area contributed by atoms with Crippen LogP contribution in [0.2, 0.25) is 0 Å². The summed E-state index contributed by atoms with van der Waals surface area (Å²) in [6, 6.07) is 6.45. The third kappa shape index (κ3) is 4.79. The van der Waals surface area contributed by atoms with E-state index in [0.29, 0.717) is 0 Å². The first-order chi connectivity index (χ1) is 7.79. The van der Waals surface area contributed by atoms with E-state index in [1.54, 1.807) is 12.1 Å². The normalized spacial score (nSPS) is 13.3. The van der Waals surface area contributed by atoms with Crippen molar-refractivity contribution in [2.24, 2.45) is 0 Å². The van der Waals surface area contributed by atoms with E-state index in [1.807, 2.05) is 6.92 Å². The quantitative estimate of drug-likeness (QED) is 0.832. The zero-order valence-corrected chi connectivity index (χ0v) is 11.2. The van der Waals surface area contributed by atoms with Gasteiger partial charge in [0, 0.05) is 16.4 Å². The van der Waals surface area contributed by atoms with Crippen molar-refractivity contribution in [3.63, 3.8) is 0 Å². The lowest BCUT2D eigenvalue weighted by Crippen LogP contribution is -2.05. The molecule has 0 amide bonds. The van der Waals surface area contributed by atoms with Crippen LogP contribution in [0.25, 0.3) is 0 Å². The van der Waals surface area contributed by atoms with Crippen LogP contribution in [0.5, 0.6) is 0 Å². The Bertz CT molecular complexity index is 491. The molecule has 94 valence electrons. The smallest absolute Gasteiger partial charge is 0.304 e. The van der Waals surface area contributed by atoms with E-state index in [2.05, 4.69) is 0 Å². The van der Waals surface area contributed by atoms with Crippen LogP contribution in [0.4, 0.5) is 0 Å². The topological polar surface area (TPSA) is 71.4 Å². The highest BCUT2D eigenvalue weighted by Crippen LogP contribution is 2.26. The first-order valence-corrected chi connectivity index (χ1v) is 7.74. The van der Waals surface area contributed by atoms with Crippen molar-refractivity contribution in [2.75, 3.05) is 6.26 Å². The largest absolute Gasteiger partial charge is 0.481 e. The van der Waals surface area contributed by atoms with Gasteiger partial charge in [0.1, 0.15) is 0 Å². The van der Waals surface area contributed by atoms with E-state index < -0.39 is 15.8 Å². The molecule has 0 radical (unpaired) electrons. The second-order valence-electron chi connectivity index (χ2n) is 3.77. The van der Waals surface area contributed by atoms with Gasteiger partial charge in [-0.2, -0.15) is 0 Å². The summed E-state index contributed by atoms with van der Waals surface area (Å²) in [6.07, 6.45) is 1.24. The molecule has 0 spiro atoms. The Morgan fingerprint density at radius 1 is 1.35 bits per heavy atom. The van der Waals surface area contributed by atoms with Crippen molar-refractivity contribution in [3.8, 4) is 0 Å². The van der Waals surface area contributed by atoms with E-state index in [9.17, 15) is 13.2 Å². The molecule has 1 aromatic rings. The lowest BCUT2D eigenvalue weighted by atomic mass is 10.3. The fourth-order valence-corrected chi connectivity index (χ4v) is 2.90. The van der Waals surface area contributed by atoms with Crippen LogP contribution in [-0.2, 0) is 14.6 Å². The lowest BCUT2D eigenvalue weighted by molar-refractivity contribution is -0.136. The van der Waals surface area contributed by atoms with Crippen LogP contribution in [0.15, 0.2) is 34.1 Å². The molecule has 0 saturated carbocycles. The Labute approximate surface area is 105 Å². The molecule has 4 nitrogen and oxygen atoms in total. The summed E-state index contributed by atoms with van der Waals surface area (Å²) >= 11 is 1.42. The summed E-state index contributed by atoms with van der Waals surface area (Å²) in [6.45, 7) is 1.82. The van der Waals surface area contributed by atoms with Crippen LogP contribution >= 0.6 is 11.8 Å². The number of hydrogen-bond acceptors (Lipinski definition) is 4. The zero-order chi connectivity index (χ0) is 13.1. The highest BCUT2D eigenvalue weighted by atomic mass is 32.2. The first-order valence-electron chi connectivity index (χ1n) is 4.97. The number of rotatable bonds is 5. The maximum Gasteiger partial charge on any atom is 0.304 e. The van der Waals surface area contributed by atoms with Crippen molar-refractivity contribution in [2.45, 2.75) is 28.4 Å². The molecule has 6 heteroatoms. The van der Waals surface area contributed by atoms with Gasteiger partial charge < -0.3 is 5.11 Å². The standard InChI is InChI=1S/C11H14O4S2/c1-8(7-11(12)13)16-9-3-5-10(6-4-9)17(2,14)15/h3-6,8H,7H2,1-2H3,(H,12,13). The zero-order valence-electron chi connectivity index (χ0n) is 9.58. The monoisotopic (exact) mass is 274 g/mol. The minimum absolute atomic E-state index is 0.0448. The van der Waals surface area contributed by atoms with Gasteiger partial charge in [0.15, 0.2) is 9.84 Å². The number of benzene rings is 1. The van der Waals surface area contributed by atoms with Gasteiger partial charge in [0.05, 0.1) is 11.3 Å². The summed E-state index contributed by atoms with van der Waals surface area (Å²) in [7, 11) is -3.17. The maximum atomic E-state index is 11.2. The molecule has 1 atom stereocenters. The molecule has 0 aromatic heterocycles. The molecule has 0 aliphatic carbocycles. The van der Waals surface area contributed by atoms with Gasteiger partial charge in [0.2, 0.25) is 0 Å². The Morgan fingerprint density at radius 3 is 2.29 bits per heavy atom. The van der Waals surface area contributed by atoms with Crippen LogP contribution < -0.4 is 0 Å². The van der Waals surface area contributed by atoms with Gasteiger partial charge in [-0.1, -0.05) is 6.92 Å². The predicted octanol–water partition coefficient (Wildman–Crippen LogP) is 2.05. The van der Waals surface area contributed by atoms with Crippen molar-refractivity contribution in [1.82, 2.24) is 0 Å². The van der Waals surface area contributed by atoms with E-state index in [0.717, 1.165) is 11.2 Å². The Balaban J connectivity index is 2.72. The minimum Gasteiger partial charge on any atom is -0.481 e. The first kappa shape index (κ1) is 14.1. The summed E-state index contributed by atoms with van der Waals surface area (Å²) < 4.78 is 22.5. The van der Waals surface area contributed by atoms with E-state index in [1.165, 1.54) is 23.9 Å². The van der Waals surface area contributed by atoms with Crippen molar-refractivity contribution < 1.29 is 18.3 Å². The number of sulfone groups is 1. The number of carboxylic acids is 1. The van der Waals surface area contributed by atoms with Gasteiger partial charge in [-0.25, -0.2) is 8.42 Å². The minimum atomic E-state index is -3.17. The molecule has 0 heterocycles. The number of thioether (sulfide) groups is 1. The van der Waals surface area contributed by atoms with Crippen molar-refractivity contribution in [3.05, 3.63) is 24.3 Å². The molecule has 0 bridgehead atoms. The number of carbonyl (C=O) groups is 1. The average Bonchev–Trinajstić information content (AvgIpc) is 2.15. The fourth-order valence-electron chi connectivity index (χ4n) is 1.29. The number of carboxylic acid groups (broad SMARTS) is 1. The summed E-state index contributed by atoms with van der Waals surface area (Å²) in [5, 5.41) is 8.58. The Hall–Kier alpha value is -1.01. The van der Waals surface area contributed by atoms with Crippen molar-refractivity contribution in [1.29, 1.82) is 0 Å². The van der Waals surface area contributed by atoms with Gasteiger partial charge in [0.25, 0.3) is 0 Å². The van der Waals surface area contributed by atoms with Gasteiger partial charge in [-0.05, 0) is 24.3 Å². The van der Waals surface area contributed by atoms with Gasteiger partial charge >= 0.3 is 5.97 Å². The second-order valence-corrected chi connectivity index (χ2v) is 7.30. The van der Waals surface area contributed by atoms with E-state index in [-0.39, 0.29) is 16.6 Å². The highest BCUT2D eigenvalue weighted by molar-refractivity contribution is 8.00. The molecule has 0 fully saturated rings. The number of aliphatic carboxylic acids is 1. The third-order valence-corrected chi connectivity index (χ3v) is 4.29. The molecule has 1 aromatic carbocycles. The van der Waals surface area contributed by atoms with Crippen LogP contribution in [0.3, 0.4) is 0 Å². The van der Waals surface area contributed by atoms with Crippen LogP contribution in [0.1, 0.15) is 13.3 Å². The van der Waals surface area contributed by atoms with Gasteiger partial charge in [-0.15, -0.1) is 11.8 Å². The molecule has 0 aliphatic rings. The summed E-state index contributed by atoms with van der Waals surface area (Å²) in [5.74, 6) is -0.835. The molecule has 1 unspecified atom stereocenters. The SMILES string of the molecule is CC(CC(=O)O)Sc1ccc(S(C)(=O)=O)cc1. The van der Waals surface area contributed by atoms with Gasteiger partial charge in [-0.3, -0.25) is 4.79 Å². The molecule has 17 heavy (non-hydrogen) atoms. The van der Waals surface area contributed by atoms with E-state index >= 15 is 0 Å². The Kier molecular flexibility index (Phi) is 4.59.